The molecule has 3 N–H and O–H groups in total. The third-order valence-electron chi connectivity index (χ3n) is 1.91. The number of thiophene rings is 1. The SMILES string of the molecule is CCN(CC)c1ccc(NC(N)=S)s1. The summed E-state index contributed by atoms with van der Waals surface area (Å²) in [5, 5.41) is 5.49. The van der Waals surface area contributed by atoms with E-state index < -0.39 is 0 Å². The Labute approximate surface area is 93.9 Å². The number of thiocarbonyl (C=S) groups is 1. The van der Waals surface area contributed by atoms with Gasteiger partial charge in [0.15, 0.2) is 5.11 Å². The van der Waals surface area contributed by atoms with Crippen molar-refractivity contribution in [1.29, 1.82) is 0 Å². The van der Waals surface area contributed by atoms with Gasteiger partial charge >= 0.3 is 0 Å². The van der Waals surface area contributed by atoms with Crippen molar-refractivity contribution in [2.45, 2.75) is 13.8 Å². The van der Waals surface area contributed by atoms with E-state index in [-0.39, 0.29) is 0 Å². The van der Waals surface area contributed by atoms with E-state index in [1.807, 2.05) is 6.07 Å². The number of anilines is 2. The molecular formula is C9H15N3S2. The molecule has 1 aromatic rings. The summed E-state index contributed by atoms with van der Waals surface area (Å²) in [4.78, 5) is 2.29. The van der Waals surface area contributed by atoms with Crippen LogP contribution in [0.5, 0.6) is 0 Å². The summed E-state index contributed by atoms with van der Waals surface area (Å²) in [7, 11) is 0. The Kier molecular flexibility index (Phi) is 4.16. The largest absolute Gasteiger partial charge is 0.376 e. The number of nitrogens with two attached hydrogens (primary N) is 1. The maximum absolute atomic E-state index is 5.39. The number of nitrogens with zero attached hydrogens (tertiary/aromatic N) is 1. The maximum atomic E-state index is 5.39. The minimum atomic E-state index is 0.318. The molecule has 14 heavy (non-hydrogen) atoms. The Morgan fingerprint density at radius 2 is 2.14 bits per heavy atom. The summed E-state index contributed by atoms with van der Waals surface area (Å²) >= 11 is 6.43. The third kappa shape index (κ3) is 2.85. The zero-order valence-corrected chi connectivity index (χ0v) is 10.0. The fourth-order valence-electron chi connectivity index (χ4n) is 1.22. The predicted molar refractivity (Wildman–Crippen MR) is 68.3 cm³/mol. The van der Waals surface area contributed by atoms with Crippen molar-refractivity contribution >= 4 is 38.7 Å². The summed E-state index contributed by atoms with van der Waals surface area (Å²) in [6, 6.07) is 4.08. The molecule has 5 heteroatoms. The lowest BCUT2D eigenvalue weighted by Gasteiger charge is -2.17. The first-order valence-electron chi connectivity index (χ1n) is 4.58. The van der Waals surface area contributed by atoms with Gasteiger partial charge in [-0.1, -0.05) is 0 Å². The highest BCUT2D eigenvalue weighted by Crippen LogP contribution is 2.29. The maximum Gasteiger partial charge on any atom is 0.168 e. The van der Waals surface area contributed by atoms with Crippen LogP contribution in [0.4, 0.5) is 10.0 Å². The predicted octanol–water partition coefficient (Wildman–Crippen LogP) is 2.25. The van der Waals surface area contributed by atoms with Crippen LogP contribution >= 0.6 is 23.6 Å². The quantitative estimate of drug-likeness (QED) is 0.777. The monoisotopic (exact) mass is 229 g/mol. The highest BCUT2D eigenvalue weighted by molar-refractivity contribution is 7.80. The second-order valence-electron chi connectivity index (χ2n) is 2.80. The van der Waals surface area contributed by atoms with Gasteiger partial charge in [0, 0.05) is 13.1 Å². The molecule has 0 unspecified atom stereocenters. The van der Waals surface area contributed by atoms with Crippen LogP contribution in [0.1, 0.15) is 13.8 Å². The van der Waals surface area contributed by atoms with Crippen molar-refractivity contribution in [3.8, 4) is 0 Å². The molecule has 0 saturated carbocycles. The summed E-state index contributed by atoms with van der Waals surface area (Å²) in [6.45, 7) is 6.32. The van der Waals surface area contributed by atoms with Gasteiger partial charge in [-0.25, -0.2) is 0 Å². The highest BCUT2D eigenvalue weighted by atomic mass is 32.1. The first-order valence-corrected chi connectivity index (χ1v) is 5.81. The molecule has 3 nitrogen and oxygen atoms in total. The van der Waals surface area contributed by atoms with E-state index in [0.717, 1.165) is 18.1 Å². The number of hydrogen-bond donors (Lipinski definition) is 2. The molecule has 0 aliphatic rings. The van der Waals surface area contributed by atoms with E-state index in [1.54, 1.807) is 11.3 Å². The summed E-state index contributed by atoms with van der Waals surface area (Å²) < 4.78 is 0. The van der Waals surface area contributed by atoms with E-state index >= 15 is 0 Å². The van der Waals surface area contributed by atoms with Crippen LogP contribution in [0.25, 0.3) is 0 Å². The lowest BCUT2D eigenvalue weighted by atomic mass is 10.5. The van der Waals surface area contributed by atoms with E-state index in [1.165, 1.54) is 5.00 Å². The molecule has 0 atom stereocenters. The summed E-state index contributed by atoms with van der Waals surface area (Å²) in [6.07, 6.45) is 0. The van der Waals surface area contributed by atoms with Crippen molar-refractivity contribution in [3.63, 3.8) is 0 Å². The standard InChI is InChI=1S/C9H15N3S2/c1-3-12(4-2)8-6-5-7(14-8)11-9(10)13/h5-6H,3-4H2,1-2H3,(H3,10,11,13). The molecule has 1 aromatic heterocycles. The molecule has 0 amide bonds. The van der Waals surface area contributed by atoms with Crippen molar-refractivity contribution < 1.29 is 0 Å². The Balaban J connectivity index is 2.71. The van der Waals surface area contributed by atoms with Crippen LogP contribution in [0.3, 0.4) is 0 Å². The van der Waals surface area contributed by atoms with Gasteiger partial charge in [-0.05, 0) is 38.2 Å². The Morgan fingerprint density at radius 3 is 2.64 bits per heavy atom. The van der Waals surface area contributed by atoms with E-state index in [4.69, 9.17) is 18.0 Å². The fraction of sp³-hybridized carbons (Fsp3) is 0.444. The van der Waals surface area contributed by atoms with Gasteiger partial charge in [0.2, 0.25) is 0 Å². The minimum Gasteiger partial charge on any atom is -0.376 e. The van der Waals surface area contributed by atoms with Crippen LogP contribution < -0.4 is 16.0 Å². The van der Waals surface area contributed by atoms with Crippen LogP contribution in [0.15, 0.2) is 12.1 Å². The van der Waals surface area contributed by atoms with Crippen molar-refractivity contribution in [1.82, 2.24) is 0 Å². The van der Waals surface area contributed by atoms with E-state index in [9.17, 15) is 0 Å². The van der Waals surface area contributed by atoms with Crippen LogP contribution in [-0.4, -0.2) is 18.2 Å². The second-order valence-corrected chi connectivity index (χ2v) is 4.30. The summed E-state index contributed by atoms with van der Waals surface area (Å²) in [5.74, 6) is 0. The zero-order valence-electron chi connectivity index (χ0n) is 8.41. The van der Waals surface area contributed by atoms with Crippen LogP contribution in [0.2, 0.25) is 0 Å². The normalized spacial score (nSPS) is 9.86. The smallest absolute Gasteiger partial charge is 0.168 e. The molecule has 0 aliphatic carbocycles. The zero-order chi connectivity index (χ0) is 10.6. The van der Waals surface area contributed by atoms with Gasteiger partial charge in [0.25, 0.3) is 0 Å². The van der Waals surface area contributed by atoms with Gasteiger partial charge in [0.1, 0.15) is 0 Å². The molecule has 78 valence electrons. The van der Waals surface area contributed by atoms with Crippen LogP contribution in [-0.2, 0) is 0 Å². The van der Waals surface area contributed by atoms with Gasteiger partial charge in [-0.2, -0.15) is 0 Å². The van der Waals surface area contributed by atoms with Crippen molar-refractivity contribution in [2.75, 3.05) is 23.3 Å². The average molecular weight is 229 g/mol. The van der Waals surface area contributed by atoms with Gasteiger partial charge in [0.05, 0.1) is 10.0 Å². The fourth-order valence-corrected chi connectivity index (χ4v) is 2.44. The Bertz CT molecular complexity index is 305. The van der Waals surface area contributed by atoms with Crippen molar-refractivity contribution in [2.24, 2.45) is 5.73 Å². The molecule has 0 saturated heterocycles. The molecule has 0 radical (unpaired) electrons. The third-order valence-corrected chi connectivity index (χ3v) is 3.08. The summed E-state index contributed by atoms with van der Waals surface area (Å²) in [5.41, 5.74) is 5.39. The van der Waals surface area contributed by atoms with Gasteiger partial charge in [-0.3, -0.25) is 0 Å². The first-order chi connectivity index (χ1) is 6.67. The Hall–Kier alpha value is -0.810. The molecular weight excluding hydrogens is 214 g/mol. The molecule has 0 spiro atoms. The average Bonchev–Trinajstić information content (AvgIpc) is 2.54. The topological polar surface area (TPSA) is 41.3 Å². The molecule has 1 heterocycles. The van der Waals surface area contributed by atoms with Crippen LogP contribution in [0, 0.1) is 0 Å². The molecule has 0 aliphatic heterocycles. The molecule has 0 aromatic carbocycles. The molecule has 0 bridgehead atoms. The lowest BCUT2D eigenvalue weighted by Crippen LogP contribution is -2.20. The highest BCUT2D eigenvalue weighted by Gasteiger charge is 2.05. The lowest BCUT2D eigenvalue weighted by molar-refractivity contribution is 0.876. The van der Waals surface area contributed by atoms with E-state index in [0.29, 0.717) is 5.11 Å². The Morgan fingerprint density at radius 1 is 1.50 bits per heavy atom. The minimum absolute atomic E-state index is 0.318. The number of hydrogen-bond acceptors (Lipinski definition) is 3. The van der Waals surface area contributed by atoms with Gasteiger partial charge in [-0.15, -0.1) is 11.3 Å². The number of nitrogens with one attached hydrogen (secondary N) is 1. The van der Waals surface area contributed by atoms with E-state index in [2.05, 4.69) is 30.1 Å². The molecule has 1 rings (SSSR count). The number of rotatable bonds is 4. The molecule has 0 fully saturated rings. The van der Waals surface area contributed by atoms with Gasteiger partial charge < -0.3 is 16.0 Å². The first kappa shape index (κ1) is 11.3. The van der Waals surface area contributed by atoms with Crippen molar-refractivity contribution in [3.05, 3.63) is 12.1 Å². The second kappa shape index (κ2) is 5.17.